The fourth-order valence-corrected chi connectivity index (χ4v) is 5.13. The first kappa shape index (κ1) is 23.0. The molecule has 4 heteroatoms. The highest BCUT2D eigenvalue weighted by Crippen LogP contribution is 2.45. The van der Waals surface area contributed by atoms with Crippen LogP contribution in [-0.4, -0.2) is 20.1 Å². The first-order valence-corrected chi connectivity index (χ1v) is 11.6. The van der Waals surface area contributed by atoms with E-state index in [1.165, 1.54) is 5.56 Å². The SMILES string of the molecule is CC(C)(C)CC(C)(C)c1cc(-n2nnc3ccccc32)c(O)c(C(C)(C)c2ccccc2)c1. The molecule has 0 atom stereocenters. The largest absolute Gasteiger partial charge is 0.505 e. The van der Waals surface area contributed by atoms with Crippen molar-refractivity contribution in [3.8, 4) is 11.4 Å². The first-order valence-electron chi connectivity index (χ1n) is 11.6. The molecule has 0 fully saturated rings. The monoisotopic (exact) mass is 441 g/mol. The lowest BCUT2D eigenvalue weighted by Crippen LogP contribution is -2.27. The van der Waals surface area contributed by atoms with Crippen molar-refractivity contribution < 1.29 is 5.11 Å². The van der Waals surface area contributed by atoms with E-state index in [1.54, 1.807) is 4.68 Å². The van der Waals surface area contributed by atoms with Gasteiger partial charge in [-0.05, 0) is 46.6 Å². The van der Waals surface area contributed by atoms with Gasteiger partial charge in [-0.2, -0.15) is 0 Å². The minimum absolute atomic E-state index is 0.0986. The molecule has 0 spiro atoms. The Balaban J connectivity index is 2.00. The van der Waals surface area contributed by atoms with Crippen LogP contribution >= 0.6 is 0 Å². The summed E-state index contributed by atoms with van der Waals surface area (Å²) in [6.07, 6.45) is 1.01. The summed E-state index contributed by atoms with van der Waals surface area (Å²) in [6.45, 7) is 15.7. The quantitative estimate of drug-likeness (QED) is 0.357. The van der Waals surface area contributed by atoms with E-state index in [-0.39, 0.29) is 16.6 Å². The maximum absolute atomic E-state index is 11.7. The van der Waals surface area contributed by atoms with Crippen molar-refractivity contribution in [3.63, 3.8) is 0 Å². The van der Waals surface area contributed by atoms with E-state index in [0.717, 1.165) is 28.6 Å². The molecular weight excluding hydrogens is 406 g/mol. The second-order valence-electron chi connectivity index (χ2n) is 11.5. The molecule has 0 saturated carbocycles. The molecule has 0 radical (unpaired) electrons. The molecule has 33 heavy (non-hydrogen) atoms. The number of fused-ring (bicyclic) bond motifs is 1. The predicted molar refractivity (Wildman–Crippen MR) is 136 cm³/mol. The number of aromatic hydroxyl groups is 1. The zero-order valence-corrected chi connectivity index (χ0v) is 20.8. The van der Waals surface area contributed by atoms with Crippen LogP contribution in [0.3, 0.4) is 0 Å². The Labute approximate surface area is 197 Å². The highest BCUT2D eigenvalue weighted by atomic mass is 16.3. The van der Waals surface area contributed by atoms with Crippen LogP contribution in [0.1, 0.15) is 71.6 Å². The van der Waals surface area contributed by atoms with Gasteiger partial charge in [-0.15, -0.1) is 5.10 Å². The Kier molecular flexibility index (Phi) is 5.60. The third-order valence-corrected chi connectivity index (χ3v) is 6.59. The van der Waals surface area contributed by atoms with Crippen LogP contribution < -0.4 is 0 Å². The van der Waals surface area contributed by atoms with Crippen LogP contribution in [-0.2, 0) is 10.8 Å². The van der Waals surface area contributed by atoms with Crippen molar-refractivity contribution in [2.45, 2.75) is 65.7 Å². The van der Waals surface area contributed by atoms with Gasteiger partial charge in [-0.1, -0.05) is 102 Å². The lowest BCUT2D eigenvalue weighted by Gasteiger charge is -2.35. The summed E-state index contributed by atoms with van der Waals surface area (Å²) in [5.41, 5.74) is 5.25. The smallest absolute Gasteiger partial charge is 0.145 e. The van der Waals surface area contributed by atoms with E-state index in [2.05, 4.69) is 83.0 Å². The molecule has 0 aliphatic rings. The van der Waals surface area contributed by atoms with Crippen LogP contribution in [0.25, 0.3) is 16.7 Å². The molecule has 0 saturated heterocycles. The van der Waals surface area contributed by atoms with Crippen molar-refractivity contribution in [1.29, 1.82) is 0 Å². The van der Waals surface area contributed by atoms with E-state index in [4.69, 9.17) is 0 Å². The molecule has 3 aromatic carbocycles. The lowest BCUT2D eigenvalue weighted by molar-refractivity contribution is 0.283. The van der Waals surface area contributed by atoms with Crippen molar-refractivity contribution in [3.05, 3.63) is 83.4 Å². The van der Waals surface area contributed by atoms with E-state index < -0.39 is 5.41 Å². The third kappa shape index (κ3) is 4.39. The molecule has 4 rings (SSSR count). The molecule has 172 valence electrons. The van der Waals surface area contributed by atoms with E-state index in [1.807, 2.05) is 42.5 Å². The number of phenols is 1. The molecule has 4 nitrogen and oxygen atoms in total. The second-order valence-corrected chi connectivity index (χ2v) is 11.5. The van der Waals surface area contributed by atoms with Gasteiger partial charge in [-0.25, -0.2) is 4.68 Å². The molecule has 0 unspecified atom stereocenters. The van der Waals surface area contributed by atoms with Gasteiger partial charge in [0, 0.05) is 11.0 Å². The van der Waals surface area contributed by atoms with E-state index in [9.17, 15) is 5.11 Å². The van der Waals surface area contributed by atoms with Gasteiger partial charge in [0.15, 0.2) is 0 Å². The fourth-order valence-electron chi connectivity index (χ4n) is 5.13. The van der Waals surface area contributed by atoms with Gasteiger partial charge in [0.2, 0.25) is 0 Å². The molecule has 4 aromatic rings. The maximum Gasteiger partial charge on any atom is 0.145 e. The van der Waals surface area contributed by atoms with E-state index >= 15 is 0 Å². The maximum atomic E-state index is 11.7. The summed E-state index contributed by atoms with van der Waals surface area (Å²) in [7, 11) is 0. The Hall–Kier alpha value is -3.14. The van der Waals surface area contributed by atoms with Crippen LogP contribution in [0.2, 0.25) is 0 Å². The minimum atomic E-state index is -0.399. The molecule has 0 aliphatic heterocycles. The average molecular weight is 442 g/mol. The Morgan fingerprint density at radius 2 is 1.42 bits per heavy atom. The zero-order valence-electron chi connectivity index (χ0n) is 20.8. The summed E-state index contributed by atoms with van der Waals surface area (Å²) in [5.74, 6) is 0.245. The molecule has 1 heterocycles. The lowest BCUT2D eigenvalue weighted by atomic mass is 9.70. The predicted octanol–water partition coefficient (Wildman–Crippen LogP) is 7.17. The number of phenolic OH excluding ortho intramolecular Hbond substituents is 1. The van der Waals surface area contributed by atoms with Crippen molar-refractivity contribution in [1.82, 2.24) is 15.0 Å². The van der Waals surface area contributed by atoms with Crippen LogP contribution in [0.5, 0.6) is 5.75 Å². The average Bonchev–Trinajstić information content (AvgIpc) is 3.16. The molecule has 0 bridgehead atoms. The molecule has 1 N–H and O–H groups in total. The first-order chi connectivity index (χ1) is 15.4. The Morgan fingerprint density at radius 3 is 2.09 bits per heavy atom. The number of benzene rings is 3. The van der Waals surface area contributed by atoms with Crippen LogP contribution in [0, 0.1) is 5.41 Å². The topological polar surface area (TPSA) is 50.9 Å². The van der Waals surface area contributed by atoms with Crippen LogP contribution in [0.15, 0.2) is 66.7 Å². The Bertz CT molecular complexity index is 1280. The van der Waals surface area contributed by atoms with Gasteiger partial charge in [0.25, 0.3) is 0 Å². The standard InChI is InChI=1S/C29H35N3O/c1-27(2,3)19-28(4,5)21-17-22(29(6,7)20-13-9-8-10-14-20)26(33)25(18-21)32-24-16-12-11-15-23(24)30-31-32/h8-18,33H,19H2,1-7H3. The number of nitrogens with zero attached hydrogens (tertiary/aromatic N) is 3. The molecule has 0 amide bonds. The van der Waals surface area contributed by atoms with Crippen molar-refractivity contribution in [2.75, 3.05) is 0 Å². The van der Waals surface area contributed by atoms with Gasteiger partial charge < -0.3 is 5.11 Å². The number of hydrogen-bond donors (Lipinski definition) is 1. The summed E-state index contributed by atoms with van der Waals surface area (Å²) in [4.78, 5) is 0. The van der Waals surface area contributed by atoms with Gasteiger partial charge in [-0.3, -0.25) is 0 Å². The molecule has 1 aromatic heterocycles. The van der Waals surface area contributed by atoms with E-state index in [0.29, 0.717) is 5.69 Å². The minimum Gasteiger partial charge on any atom is -0.505 e. The summed E-state index contributed by atoms with van der Waals surface area (Å²) < 4.78 is 1.77. The summed E-state index contributed by atoms with van der Waals surface area (Å²) in [6, 6.07) is 22.5. The summed E-state index contributed by atoms with van der Waals surface area (Å²) in [5, 5.41) is 20.4. The van der Waals surface area contributed by atoms with Gasteiger partial charge in [0.1, 0.15) is 17.0 Å². The molecule has 0 aliphatic carbocycles. The summed E-state index contributed by atoms with van der Waals surface area (Å²) >= 11 is 0. The highest BCUT2D eigenvalue weighted by molar-refractivity contribution is 5.77. The van der Waals surface area contributed by atoms with Crippen molar-refractivity contribution in [2.24, 2.45) is 5.41 Å². The zero-order chi connectivity index (χ0) is 24.0. The fraction of sp³-hybridized carbons (Fsp3) is 0.379. The van der Waals surface area contributed by atoms with Crippen LogP contribution in [0.4, 0.5) is 0 Å². The highest BCUT2D eigenvalue weighted by Gasteiger charge is 2.33. The molecular formula is C29H35N3O. The normalized spacial score (nSPS) is 12.9. The number of rotatable bonds is 5. The Morgan fingerprint density at radius 1 is 0.788 bits per heavy atom. The second kappa shape index (κ2) is 8.02. The number of hydrogen-bond acceptors (Lipinski definition) is 3. The third-order valence-electron chi connectivity index (χ3n) is 6.59. The van der Waals surface area contributed by atoms with Gasteiger partial charge >= 0.3 is 0 Å². The van der Waals surface area contributed by atoms with Crippen molar-refractivity contribution >= 4 is 11.0 Å². The number of aromatic nitrogens is 3. The number of para-hydroxylation sites is 1. The van der Waals surface area contributed by atoms with Gasteiger partial charge in [0.05, 0.1) is 5.52 Å².